The van der Waals surface area contributed by atoms with Gasteiger partial charge in [0.15, 0.2) is 0 Å². The van der Waals surface area contributed by atoms with Crippen LogP contribution in [0.1, 0.15) is 6.92 Å². The fourth-order valence-corrected chi connectivity index (χ4v) is 1.73. The van der Waals surface area contributed by atoms with Gasteiger partial charge in [0.25, 0.3) is 0 Å². The molecule has 2 rings (SSSR count). The Hall–Kier alpha value is -1.24. The van der Waals surface area contributed by atoms with Gasteiger partial charge in [-0.3, -0.25) is 0 Å². The number of rotatable bonds is 0. The summed E-state index contributed by atoms with van der Waals surface area (Å²) in [7, 11) is 0. The van der Waals surface area contributed by atoms with E-state index in [0.717, 1.165) is 5.57 Å². The van der Waals surface area contributed by atoms with Gasteiger partial charge < -0.3 is 5.11 Å². The van der Waals surface area contributed by atoms with Crippen LogP contribution < -0.4 is 0 Å². The fraction of sp³-hybridized carbons (Fsp3) is 0.273. The molecule has 0 saturated heterocycles. The second kappa shape index (κ2) is 2.67. The van der Waals surface area contributed by atoms with Crippen molar-refractivity contribution in [3.8, 4) is 0 Å². The summed E-state index contributed by atoms with van der Waals surface area (Å²) in [5.74, 6) is 1.29. The first-order valence-corrected chi connectivity index (χ1v) is 4.25. The highest BCUT2D eigenvalue weighted by Crippen LogP contribution is 2.32. The molecular formula is C11H12O. The van der Waals surface area contributed by atoms with E-state index in [9.17, 15) is 5.11 Å². The molecule has 0 radical (unpaired) electrons. The lowest BCUT2D eigenvalue weighted by Crippen LogP contribution is -2.15. The van der Waals surface area contributed by atoms with Gasteiger partial charge >= 0.3 is 0 Å². The average molecular weight is 160 g/mol. The van der Waals surface area contributed by atoms with E-state index in [4.69, 9.17) is 0 Å². The highest BCUT2D eigenvalue weighted by molar-refractivity contribution is 5.41. The van der Waals surface area contributed by atoms with Crippen molar-refractivity contribution in [1.29, 1.82) is 0 Å². The number of hydrogen-bond acceptors (Lipinski definition) is 1. The first-order valence-electron chi connectivity index (χ1n) is 4.25. The first kappa shape index (κ1) is 7.41. The Bertz CT molecular complexity index is 305. The predicted molar refractivity (Wildman–Crippen MR) is 49.7 cm³/mol. The largest absolute Gasteiger partial charge is 0.508 e. The second-order valence-electron chi connectivity index (χ2n) is 3.33. The Morgan fingerprint density at radius 2 is 2.00 bits per heavy atom. The molecule has 0 bridgehead atoms. The number of aliphatic hydroxyl groups excluding tert-OH is 1. The van der Waals surface area contributed by atoms with Gasteiger partial charge in [0.05, 0.1) is 0 Å². The molecule has 1 nitrogen and oxygen atoms in total. The minimum atomic E-state index is 0.375. The van der Waals surface area contributed by atoms with Crippen molar-refractivity contribution in [2.75, 3.05) is 0 Å². The van der Waals surface area contributed by atoms with Crippen LogP contribution in [0.3, 0.4) is 0 Å². The zero-order valence-corrected chi connectivity index (χ0v) is 7.07. The third-order valence-electron chi connectivity index (χ3n) is 2.48. The lowest BCUT2D eigenvalue weighted by atomic mass is 9.80. The summed E-state index contributed by atoms with van der Waals surface area (Å²) < 4.78 is 0. The quantitative estimate of drug-likeness (QED) is 0.577. The minimum absolute atomic E-state index is 0.375. The normalized spacial score (nSPS) is 32.4. The van der Waals surface area contributed by atoms with Crippen LogP contribution in [0.2, 0.25) is 0 Å². The van der Waals surface area contributed by atoms with E-state index in [-0.39, 0.29) is 0 Å². The molecule has 0 aromatic rings. The zero-order chi connectivity index (χ0) is 8.55. The van der Waals surface area contributed by atoms with Crippen molar-refractivity contribution in [3.05, 3.63) is 47.8 Å². The fourth-order valence-electron chi connectivity index (χ4n) is 1.73. The molecule has 0 saturated carbocycles. The van der Waals surface area contributed by atoms with Crippen LogP contribution in [0.15, 0.2) is 47.8 Å². The molecule has 0 fully saturated rings. The van der Waals surface area contributed by atoms with Crippen molar-refractivity contribution in [3.63, 3.8) is 0 Å². The van der Waals surface area contributed by atoms with E-state index in [1.165, 1.54) is 0 Å². The van der Waals surface area contributed by atoms with Crippen LogP contribution in [0.4, 0.5) is 0 Å². The van der Waals surface area contributed by atoms with Gasteiger partial charge in [0.2, 0.25) is 0 Å². The monoisotopic (exact) mass is 160 g/mol. The first-order chi connectivity index (χ1) is 5.79. The number of hydrogen-bond donors (Lipinski definition) is 1. The Morgan fingerprint density at radius 1 is 1.17 bits per heavy atom. The molecule has 2 aliphatic rings. The average Bonchev–Trinajstić information content (AvgIpc) is 2.12. The molecule has 0 aromatic heterocycles. The molecule has 0 aromatic carbocycles. The third kappa shape index (κ3) is 1.02. The molecule has 2 aliphatic carbocycles. The van der Waals surface area contributed by atoms with Crippen LogP contribution in [0.25, 0.3) is 0 Å². The molecule has 1 N–H and O–H groups in total. The maximum absolute atomic E-state index is 9.53. The molecule has 1 heteroatoms. The van der Waals surface area contributed by atoms with Gasteiger partial charge in [-0.2, -0.15) is 0 Å². The number of aliphatic hydroxyl groups is 1. The second-order valence-corrected chi connectivity index (χ2v) is 3.33. The van der Waals surface area contributed by atoms with Crippen LogP contribution in [0.5, 0.6) is 0 Å². The van der Waals surface area contributed by atoms with Gasteiger partial charge in [0.1, 0.15) is 5.76 Å². The molecular weight excluding hydrogens is 148 g/mol. The Balaban J connectivity index is 2.44. The molecule has 2 atom stereocenters. The van der Waals surface area contributed by atoms with Gasteiger partial charge in [-0.15, -0.1) is 0 Å². The topological polar surface area (TPSA) is 20.2 Å². The van der Waals surface area contributed by atoms with E-state index in [1.807, 2.05) is 24.3 Å². The SMILES string of the molecule is CC1C=CC(O)=C2C=CC=CC21. The van der Waals surface area contributed by atoms with Crippen molar-refractivity contribution >= 4 is 0 Å². The molecule has 0 heterocycles. The predicted octanol–water partition coefficient (Wildman–Crippen LogP) is 2.75. The van der Waals surface area contributed by atoms with Crippen molar-refractivity contribution in [1.82, 2.24) is 0 Å². The Kier molecular flexibility index (Phi) is 1.65. The van der Waals surface area contributed by atoms with E-state index >= 15 is 0 Å². The summed E-state index contributed by atoms with van der Waals surface area (Å²) in [6.07, 6.45) is 12.0. The molecule has 2 unspecified atom stereocenters. The lowest BCUT2D eigenvalue weighted by molar-refractivity contribution is 0.404. The van der Waals surface area contributed by atoms with Crippen molar-refractivity contribution in [2.45, 2.75) is 6.92 Å². The van der Waals surface area contributed by atoms with Gasteiger partial charge in [0, 0.05) is 11.5 Å². The van der Waals surface area contributed by atoms with Gasteiger partial charge in [-0.1, -0.05) is 37.3 Å². The highest BCUT2D eigenvalue weighted by Gasteiger charge is 2.22. The minimum Gasteiger partial charge on any atom is -0.508 e. The zero-order valence-electron chi connectivity index (χ0n) is 7.07. The Labute approximate surface area is 72.4 Å². The van der Waals surface area contributed by atoms with Crippen molar-refractivity contribution in [2.24, 2.45) is 11.8 Å². The van der Waals surface area contributed by atoms with Crippen molar-refractivity contribution < 1.29 is 5.11 Å². The summed E-state index contributed by atoms with van der Waals surface area (Å²) in [4.78, 5) is 0. The molecule has 62 valence electrons. The van der Waals surface area contributed by atoms with E-state index in [0.29, 0.717) is 17.6 Å². The van der Waals surface area contributed by atoms with Crippen LogP contribution in [-0.4, -0.2) is 5.11 Å². The number of allylic oxidation sites excluding steroid dienone is 7. The summed E-state index contributed by atoms with van der Waals surface area (Å²) in [5.41, 5.74) is 1.05. The van der Waals surface area contributed by atoms with E-state index in [1.54, 1.807) is 6.08 Å². The lowest BCUT2D eigenvalue weighted by Gasteiger charge is -2.25. The summed E-state index contributed by atoms with van der Waals surface area (Å²) in [5, 5.41) is 9.53. The third-order valence-corrected chi connectivity index (χ3v) is 2.48. The van der Waals surface area contributed by atoms with E-state index in [2.05, 4.69) is 13.0 Å². The molecule has 0 aliphatic heterocycles. The maximum atomic E-state index is 9.53. The standard InChI is InChI=1S/C11H12O/c1-8-6-7-11(12)10-5-3-2-4-9(8)10/h2-9,12H,1H3. The van der Waals surface area contributed by atoms with Crippen LogP contribution >= 0.6 is 0 Å². The Morgan fingerprint density at radius 3 is 2.75 bits per heavy atom. The van der Waals surface area contributed by atoms with Crippen LogP contribution in [-0.2, 0) is 0 Å². The molecule has 0 spiro atoms. The van der Waals surface area contributed by atoms with E-state index < -0.39 is 0 Å². The summed E-state index contributed by atoms with van der Waals surface area (Å²) in [6, 6.07) is 0. The maximum Gasteiger partial charge on any atom is 0.119 e. The number of fused-ring (bicyclic) bond motifs is 1. The van der Waals surface area contributed by atoms with Crippen LogP contribution in [0, 0.1) is 11.8 Å². The highest BCUT2D eigenvalue weighted by atomic mass is 16.3. The summed E-state index contributed by atoms with van der Waals surface area (Å²) >= 11 is 0. The summed E-state index contributed by atoms with van der Waals surface area (Å²) in [6.45, 7) is 2.16. The molecule has 12 heavy (non-hydrogen) atoms. The van der Waals surface area contributed by atoms with Gasteiger partial charge in [-0.05, 0) is 12.0 Å². The molecule has 0 amide bonds. The van der Waals surface area contributed by atoms with Gasteiger partial charge in [-0.25, -0.2) is 0 Å². The smallest absolute Gasteiger partial charge is 0.119 e.